The molecule has 0 saturated carbocycles. The number of nitrogens with zero attached hydrogens (tertiary/aromatic N) is 1. The lowest BCUT2D eigenvalue weighted by molar-refractivity contribution is 1.09. The zero-order chi connectivity index (χ0) is 12.4. The van der Waals surface area contributed by atoms with Crippen LogP contribution < -0.4 is 5.32 Å². The van der Waals surface area contributed by atoms with Crippen molar-refractivity contribution in [1.29, 1.82) is 0 Å². The van der Waals surface area contributed by atoms with Crippen molar-refractivity contribution in [3.63, 3.8) is 0 Å². The van der Waals surface area contributed by atoms with E-state index in [-0.39, 0.29) is 0 Å². The van der Waals surface area contributed by atoms with Crippen LogP contribution in [0.2, 0.25) is 10.0 Å². The highest BCUT2D eigenvalue weighted by Gasteiger charge is 2.09. The molecule has 1 N–H and O–H groups in total. The van der Waals surface area contributed by atoms with Crippen molar-refractivity contribution in [2.75, 3.05) is 11.9 Å². The first-order valence-electron chi connectivity index (χ1n) is 5.68. The molecule has 1 aromatic heterocycles. The predicted octanol–water partition coefficient (Wildman–Crippen LogP) is 4.54. The second kappa shape index (κ2) is 5.11. The average Bonchev–Trinajstić information content (AvgIpc) is 2.34. The van der Waals surface area contributed by atoms with Crippen molar-refractivity contribution in [2.45, 2.75) is 20.3 Å². The second-order valence-electron chi connectivity index (χ2n) is 3.81. The monoisotopic (exact) mass is 268 g/mol. The topological polar surface area (TPSA) is 24.9 Å². The van der Waals surface area contributed by atoms with Crippen molar-refractivity contribution in [1.82, 2.24) is 4.98 Å². The Labute approximate surface area is 111 Å². The van der Waals surface area contributed by atoms with Gasteiger partial charge in [0, 0.05) is 11.9 Å². The van der Waals surface area contributed by atoms with Gasteiger partial charge in [-0.05, 0) is 37.1 Å². The maximum absolute atomic E-state index is 6.17. The fourth-order valence-electron chi connectivity index (χ4n) is 1.82. The summed E-state index contributed by atoms with van der Waals surface area (Å²) in [5.41, 5.74) is 1.91. The Morgan fingerprint density at radius 2 is 1.88 bits per heavy atom. The molecule has 17 heavy (non-hydrogen) atoms. The lowest BCUT2D eigenvalue weighted by Gasteiger charge is -2.11. The molecule has 2 aromatic rings. The van der Waals surface area contributed by atoms with Crippen LogP contribution in [0, 0.1) is 0 Å². The molecule has 0 fully saturated rings. The Bertz CT molecular complexity index is 553. The van der Waals surface area contributed by atoms with E-state index in [0.717, 1.165) is 35.2 Å². The van der Waals surface area contributed by atoms with Crippen LogP contribution in [0.3, 0.4) is 0 Å². The lowest BCUT2D eigenvalue weighted by Crippen LogP contribution is -2.03. The largest absolute Gasteiger partial charge is 0.370 e. The number of halogens is 2. The van der Waals surface area contributed by atoms with Gasteiger partial charge in [0.25, 0.3) is 0 Å². The molecule has 0 amide bonds. The molecule has 2 nitrogen and oxygen atoms in total. The summed E-state index contributed by atoms with van der Waals surface area (Å²) in [5.74, 6) is 0.895. The maximum atomic E-state index is 6.17. The number of anilines is 1. The molecule has 1 aromatic carbocycles. The first-order valence-corrected chi connectivity index (χ1v) is 6.44. The summed E-state index contributed by atoms with van der Waals surface area (Å²) in [6, 6.07) is 5.65. The Balaban J connectivity index is 2.73. The van der Waals surface area contributed by atoms with E-state index in [1.807, 2.05) is 6.92 Å². The number of hydrogen-bond donors (Lipinski definition) is 1. The van der Waals surface area contributed by atoms with E-state index in [4.69, 9.17) is 23.2 Å². The average molecular weight is 269 g/mol. The molecule has 90 valence electrons. The zero-order valence-corrected chi connectivity index (χ0v) is 11.4. The third kappa shape index (κ3) is 2.33. The molecule has 0 unspecified atom stereocenters. The molecule has 0 aliphatic heterocycles. The maximum Gasteiger partial charge on any atom is 0.129 e. The number of fused-ring (bicyclic) bond motifs is 1. The van der Waals surface area contributed by atoms with Gasteiger partial charge in [-0.25, -0.2) is 4.98 Å². The van der Waals surface area contributed by atoms with Gasteiger partial charge in [0.1, 0.15) is 5.82 Å². The number of aryl methyl sites for hydroxylation is 1. The van der Waals surface area contributed by atoms with Gasteiger partial charge in [-0.1, -0.05) is 30.1 Å². The second-order valence-corrected chi connectivity index (χ2v) is 4.62. The normalized spacial score (nSPS) is 10.8. The lowest BCUT2D eigenvalue weighted by atomic mass is 10.1. The van der Waals surface area contributed by atoms with Gasteiger partial charge >= 0.3 is 0 Å². The molecule has 0 spiro atoms. The van der Waals surface area contributed by atoms with Gasteiger partial charge in [-0.2, -0.15) is 0 Å². The van der Waals surface area contributed by atoms with E-state index in [0.29, 0.717) is 10.0 Å². The van der Waals surface area contributed by atoms with Crippen molar-refractivity contribution in [3.05, 3.63) is 33.8 Å². The minimum absolute atomic E-state index is 0.631. The fourth-order valence-corrected chi connectivity index (χ4v) is 2.24. The van der Waals surface area contributed by atoms with Crippen LogP contribution in [0.5, 0.6) is 0 Å². The fraction of sp³-hybridized carbons (Fsp3) is 0.308. The van der Waals surface area contributed by atoms with Crippen LogP contribution in [0.25, 0.3) is 10.9 Å². The van der Waals surface area contributed by atoms with Crippen LogP contribution >= 0.6 is 23.2 Å². The van der Waals surface area contributed by atoms with E-state index < -0.39 is 0 Å². The molecular formula is C13H14Cl2N2. The number of hydrogen-bond acceptors (Lipinski definition) is 2. The van der Waals surface area contributed by atoms with Gasteiger partial charge in [0.15, 0.2) is 0 Å². The highest BCUT2D eigenvalue weighted by Crippen LogP contribution is 2.31. The van der Waals surface area contributed by atoms with Gasteiger partial charge in [-0.15, -0.1) is 0 Å². The highest BCUT2D eigenvalue weighted by molar-refractivity contribution is 6.39. The van der Waals surface area contributed by atoms with Crippen molar-refractivity contribution in [2.24, 2.45) is 0 Å². The number of benzene rings is 1. The van der Waals surface area contributed by atoms with Crippen molar-refractivity contribution >= 4 is 39.9 Å². The van der Waals surface area contributed by atoms with Crippen molar-refractivity contribution < 1.29 is 0 Å². The predicted molar refractivity (Wildman–Crippen MR) is 75.3 cm³/mol. The van der Waals surface area contributed by atoms with Crippen LogP contribution in [0.4, 0.5) is 5.82 Å². The van der Waals surface area contributed by atoms with Gasteiger partial charge in [0.05, 0.1) is 15.6 Å². The summed E-state index contributed by atoms with van der Waals surface area (Å²) in [6.07, 6.45) is 0.911. The number of rotatable bonds is 3. The molecule has 0 radical (unpaired) electrons. The SMILES string of the molecule is CCNc1nc2c(Cl)ccc(Cl)c2cc1CC. The van der Waals surface area contributed by atoms with E-state index in [1.165, 1.54) is 0 Å². The smallest absolute Gasteiger partial charge is 0.129 e. The highest BCUT2D eigenvalue weighted by atomic mass is 35.5. The van der Waals surface area contributed by atoms with Crippen LogP contribution in [-0.2, 0) is 6.42 Å². The summed E-state index contributed by atoms with van der Waals surface area (Å²) in [5, 5.41) is 5.49. The van der Waals surface area contributed by atoms with Gasteiger partial charge in [0.2, 0.25) is 0 Å². The Kier molecular flexibility index (Phi) is 3.75. The summed E-state index contributed by atoms with van der Waals surface area (Å²) >= 11 is 12.3. The van der Waals surface area contributed by atoms with E-state index >= 15 is 0 Å². The zero-order valence-electron chi connectivity index (χ0n) is 9.85. The van der Waals surface area contributed by atoms with E-state index in [9.17, 15) is 0 Å². The van der Waals surface area contributed by atoms with Gasteiger partial charge < -0.3 is 5.32 Å². The standard InChI is InChI=1S/C13H14Cl2N2/c1-3-8-7-9-10(14)5-6-11(15)12(9)17-13(8)16-4-2/h5-7H,3-4H2,1-2H3,(H,16,17). The molecule has 0 aliphatic rings. The van der Waals surface area contributed by atoms with Crippen LogP contribution in [0.15, 0.2) is 18.2 Å². The number of pyridine rings is 1. The first kappa shape index (κ1) is 12.5. The summed E-state index contributed by atoms with van der Waals surface area (Å²) < 4.78 is 0. The quantitative estimate of drug-likeness (QED) is 0.885. The first-order chi connectivity index (χ1) is 8.17. The molecule has 4 heteroatoms. The molecule has 0 saturated heterocycles. The third-order valence-electron chi connectivity index (χ3n) is 2.69. The number of nitrogens with one attached hydrogen (secondary N) is 1. The van der Waals surface area contributed by atoms with E-state index in [1.54, 1.807) is 12.1 Å². The summed E-state index contributed by atoms with van der Waals surface area (Å²) in [6.45, 7) is 4.98. The molecule has 2 rings (SSSR count). The summed E-state index contributed by atoms with van der Waals surface area (Å²) in [4.78, 5) is 4.57. The van der Waals surface area contributed by atoms with Crippen LogP contribution in [0.1, 0.15) is 19.4 Å². The minimum Gasteiger partial charge on any atom is -0.370 e. The molecule has 0 bridgehead atoms. The Morgan fingerprint density at radius 1 is 1.18 bits per heavy atom. The van der Waals surface area contributed by atoms with E-state index in [2.05, 4.69) is 23.3 Å². The Morgan fingerprint density at radius 3 is 2.53 bits per heavy atom. The summed E-state index contributed by atoms with van der Waals surface area (Å²) in [7, 11) is 0. The molecule has 1 heterocycles. The molecular weight excluding hydrogens is 255 g/mol. The third-order valence-corrected chi connectivity index (χ3v) is 3.32. The molecule has 0 aliphatic carbocycles. The van der Waals surface area contributed by atoms with Crippen molar-refractivity contribution in [3.8, 4) is 0 Å². The minimum atomic E-state index is 0.631. The Hall–Kier alpha value is -0.990. The number of aromatic nitrogens is 1. The van der Waals surface area contributed by atoms with Gasteiger partial charge in [-0.3, -0.25) is 0 Å². The molecule has 0 atom stereocenters. The van der Waals surface area contributed by atoms with Crippen LogP contribution in [-0.4, -0.2) is 11.5 Å².